The minimum Gasteiger partial charge on any atom is -0.481 e. The molecule has 0 spiro atoms. The van der Waals surface area contributed by atoms with Gasteiger partial charge in [0.2, 0.25) is 0 Å². The summed E-state index contributed by atoms with van der Waals surface area (Å²) in [6.45, 7) is 4.17. The first kappa shape index (κ1) is 14.7. The Hall–Kier alpha value is -2.21. The van der Waals surface area contributed by atoms with Gasteiger partial charge in [-0.2, -0.15) is 0 Å². The van der Waals surface area contributed by atoms with E-state index in [0.29, 0.717) is 13.1 Å². The summed E-state index contributed by atoms with van der Waals surface area (Å²) >= 11 is 0. The van der Waals surface area contributed by atoms with E-state index in [0.717, 1.165) is 36.5 Å². The summed E-state index contributed by atoms with van der Waals surface area (Å²) in [5.41, 5.74) is 2.22. The van der Waals surface area contributed by atoms with Gasteiger partial charge in [-0.05, 0) is 37.9 Å². The number of aliphatic carboxylic acids is 1. The second kappa shape index (κ2) is 6.27. The van der Waals surface area contributed by atoms with E-state index in [4.69, 9.17) is 0 Å². The zero-order valence-corrected chi connectivity index (χ0v) is 12.6. The second-order valence-electron chi connectivity index (χ2n) is 5.82. The molecule has 1 aromatic carbocycles. The predicted molar refractivity (Wildman–Crippen MR) is 81.7 cm³/mol. The molecule has 1 aliphatic heterocycles. The molecular weight excluding hydrogens is 280 g/mol. The van der Waals surface area contributed by atoms with E-state index in [1.54, 1.807) is 6.33 Å². The molecule has 0 bridgehead atoms. The molecule has 1 atom stereocenters. The fourth-order valence-corrected chi connectivity index (χ4v) is 3.00. The molecule has 1 saturated heterocycles. The summed E-state index contributed by atoms with van der Waals surface area (Å²) in [6.07, 6.45) is 3.39. The fourth-order valence-electron chi connectivity index (χ4n) is 3.00. The molecule has 0 amide bonds. The molecule has 1 aromatic heterocycles. The summed E-state index contributed by atoms with van der Waals surface area (Å²) in [6, 6.07) is 8.09. The van der Waals surface area contributed by atoms with Gasteiger partial charge in [0.25, 0.3) is 0 Å². The maximum Gasteiger partial charge on any atom is 0.307 e. The molecule has 0 radical (unpaired) electrons. The van der Waals surface area contributed by atoms with E-state index in [1.165, 1.54) is 0 Å². The number of rotatable bonds is 4. The summed E-state index contributed by atoms with van der Waals surface area (Å²) in [5, 5.41) is 17.4. The zero-order chi connectivity index (χ0) is 15.5. The smallest absolute Gasteiger partial charge is 0.307 e. The minimum absolute atomic E-state index is 0.274. The lowest BCUT2D eigenvalue weighted by molar-refractivity contribution is -0.143. The molecule has 6 heteroatoms. The first-order valence-corrected chi connectivity index (χ1v) is 7.55. The van der Waals surface area contributed by atoms with Crippen LogP contribution in [-0.4, -0.2) is 43.8 Å². The number of benzene rings is 1. The number of hydrogen-bond donors (Lipinski definition) is 1. The van der Waals surface area contributed by atoms with E-state index in [2.05, 4.69) is 28.1 Å². The summed E-state index contributed by atoms with van der Waals surface area (Å²) in [5.74, 6) is -0.131. The number of carboxylic acids is 1. The van der Waals surface area contributed by atoms with Gasteiger partial charge < -0.3 is 5.11 Å². The van der Waals surface area contributed by atoms with Crippen LogP contribution >= 0.6 is 0 Å². The van der Waals surface area contributed by atoms with Gasteiger partial charge in [0, 0.05) is 6.54 Å². The van der Waals surface area contributed by atoms with Crippen molar-refractivity contribution in [1.82, 2.24) is 19.7 Å². The van der Waals surface area contributed by atoms with Crippen LogP contribution in [0.3, 0.4) is 0 Å². The number of piperidine rings is 1. The normalized spacial score (nSPS) is 19.2. The summed E-state index contributed by atoms with van der Waals surface area (Å²) in [4.78, 5) is 13.3. The van der Waals surface area contributed by atoms with Gasteiger partial charge in [0.15, 0.2) is 5.82 Å². The molecule has 2 heterocycles. The van der Waals surface area contributed by atoms with Gasteiger partial charge >= 0.3 is 5.97 Å². The van der Waals surface area contributed by atoms with Crippen molar-refractivity contribution in [2.45, 2.75) is 26.3 Å². The van der Waals surface area contributed by atoms with Crippen molar-refractivity contribution in [1.29, 1.82) is 0 Å². The average Bonchev–Trinajstić information content (AvgIpc) is 2.96. The number of carboxylic acid groups (broad SMARTS) is 1. The lowest BCUT2D eigenvalue weighted by atomic mass is 9.98. The van der Waals surface area contributed by atoms with Crippen LogP contribution in [0, 0.1) is 12.8 Å². The Morgan fingerprint density at radius 3 is 3.00 bits per heavy atom. The van der Waals surface area contributed by atoms with Crippen molar-refractivity contribution < 1.29 is 9.90 Å². The number of nitrogens with zero attached hydrogens (tertiary/aromatic N) is 4. The van der Waals surface area contributed by atoms with Crippen molar-refractivity contribution in [3.05, 3.63) is 42.0 Å². The van der Waals surface area contributed by atoms with Crippen LogP contribution in [0.4, 0.5) is 0 Å². The Labute approximate surface area is 129 Å². The highest BCUT2D eigenvalue weighted by atomic mass is 16.4. The molecule has 0 unspecified atom stereocenters. The average molecular weight is 300 g/mol. The van der Waals surface area contributed by atoms with Crippen LogP contribution in [0.5, 0.6) is 0 Å². The highest BCUT2D eigenvalue weighted by molar-refractivity contribution is 5.70. The van der Waals surface area contributed by atoms with Crippen LogP contribution < -0.4 is 0 Å². The molecule has 2 aromatic rings. The van der Waals surface area contributed by atoms with Crippen LogP contribution in [-0.2, 0) is 11.3 Å². The highest BCUT2D eigenvalue weighted by Crippen LogP contribution is 2.20. The number of aryl methyl sites for hydroxylation is 1. The molecule has 22 heavy (non-hydrogen) atoms. The Morgan fingerprint density at radius 1 is 1.41 bits per heavy atom. The third-order valence-electron chi connectivity index (χ3n) is 4.21. The van der Waals surface area contributed by atoms with Crippen molar-refractivity contribution >= 4 is 5.97 Å². The maximum absolute atomic E-state index is 11.2. The van der Waals surface area contributed by atoms with Gasteiger partial charge in [-0.25, -0.2) is 0 Å². The third-order valence-corrected chi connectivity index (χ3v) is 4.21. The molecule has 0 aliphatic carbocycles. The Bertz CT molecular complexity index is 668. The van der Waals surface area contributed by atoms with Gasteiger partial charge in [0.1, 0.15) is 6.33 Å². The largest absolute Gasteiger partial charge is 0.481 e. The molecule has 1 fully saturated rings. The van der Waals surface area contributed by atoms with E-state index in [1.807, 2.05) is 22.8 Å². The van der Waals surface area contributed by atoms with E-state index in [9.17, 15) is 9.90 Å². The van der Waals surface area contributed by atoms with Gasteiger partial charge in [-0.3, -0.25) is 14.3 Å². The lowest BCUT2D eigenvalue weighted by Crippen LogP contribution is -2.38. The monoisotopic (exact) mass is 300 g/mol. The van der Waals surface area contributed by atoms with Crippen LogP contribution in [0.1, 0.15) is 24.2 Å². The summed E-state index contributed by atoms with van der Waals surface area (Å²) < 4.78 is 1.99. The molecule has 1 aliphatic rings. The minimum atomic E-state index is -0.704. The molecule has 116 valence electrons. The van der Waals surface area contributed by atoms with E-state index in [-0.39, 0.29) is 5.92 Å². The second-order valence-corrected chi connectivity index (χ2v) is 5.82. The van der Waals surface area contributed by atoms with Crippen molar-refractivity contribution in [2.75, 3.05) is 13.1 Å². The maximum atomic E-state index is 11.2. The fraction of sp³-hybridized carbons (Fsp3) is 0.438. The van der Waals surface area contributed by atoms with Crippen LogP contribution in [0.15, 0.2) is 30.6 Å². The predicted octanol–water partition coefficient (Wildman–Crippen LogP) is 1.87. The quantitative estimate of drug-likeness (QED) is 0.933. The first-order chi connectivity index (χ1) is 10.6. The Balaban J connectivity index is 1.78. The Kier molecular flexibility index (Phi) is 4.20. The molecule has 3 rings (SSSR count). The third kappa shape index (κ3) is 3.01. The lowest BCUT2D eigenvalue weighted by Gasteiger charge is -2.30. The zero-order valence-electron chi connectivity index (χ0n) is 12.6. The topological polar surface area (TPSA) is 71.2 Å². The standard InChI is InChI=1S/C16H20N4O2/c1-12-5-2-3-7-14(12)20-11-17-18-15(20)10-19-8-4-6-13(9-19)16(21)22/h2-3,5,7,11,13H,4,6,8-10H2,1H3,(H,21,22)/t13-/m1/s1. The number of likely N-dealkylation sites (tertiary alicyclic amines) is 1. The molecular formula is C16H20N4O2. The van der Waals surface area contributed by atoms with E-state index < -0.39 is 5.97 Å². The molecule has 6 nitrogen and oxygen atoms in total. The first-order valence-electron chi connectivity index (χ1n) is 7.55. The molecule has 0 saturated carbocycles. The van der Waals surface area contributed by atoms with Gasteiger partial charge in [-0.1, -0.05) is 18.2 Å². The number of para-hydroxylation sites is 1. The van der Waals surface area contributed by atoms with Crippen LogP contribution in [0.2, 0.25) is 0 Å². The van der Waals surface area contributed by atoms with Crippen molar-refractivity contribution in [2.24, 2.45) is 5.92 Å². The number of aromatic nitrogens is 3. The van der Waals surface area contributed by atoms with Crippen molar-refractivity contribution in [3.8, 4) is 5.69 Å². The Morgan fingerprint density at radius 2 is 2.23 bits per heavy atom. The van der Waals surface area contributed by atoms with Crippen molar-refractivity contribution in [3.63, 3.8) is 0 Å². The summed E-state index contributed by atoms with van der Waals surface area (Å²) in [7, 11) is 0. The van der Waals surface area contributed by atoms with E-state index >= 15 is 0 Å². The number of hydrogen-bond acceptors (Lipinski definition) is 4. The van der Waals surface area contributed by atoms with Crippen LogP contribution in [0.25, 0.3) is 5.69 Å². The van der Waals surface area contributed by atoms with Gasteiger partial charge in [-0.15, -0.1) is 10.2 Å². The SMILES string of the molecule is Cc1ccccc1-n1cnnc1CN1CCC[C@@H](C(=O)O)C1. The van der Waals surface area contributed by atoms with Gasteiger partial charge in [0.05, 0.1) is 18.2 Å². The molecule has 1 N–H and O–H groups in total. The highest BCUT2D eigenvalue weighted by Gasteiger charge is 2.26. The number of carbonyl (C=O) groups is 1.